The van der Waals surface area contributed by atoms with Gasteiger partial charge in [0.05, 0.1) is 5.56 Å². The fraction of sp³-hybridized carbons (Fsp3) is 0.211. The Morgan fingerprint density at radius 1 is 1.30 bits per heavy atom. The molecule has 4 heteroatoms. The number of carbonyl (C=O) groups excluding carboxylic acids is 1. The van der Waals surface area contributed by atoms with Gasteiger partial charge in [0.1, 0.15) is 17.2 Å². The Morgan fingerprint density at radius 2 is 2.04 bits per heavy atom. The number of benzene rings is 2. The third-order valence-electron chi connectivity index (χ3n) is 3.76. The minimum Gasteiger partial charge on any atom is -0.455 e. The van der Waals surface area contributed by atoms with Gasteiger partial charge >= 0.3 is 0 Å². The van der Waals surface area contributed by atoms with Crippen LogP contribution in [0.25, 0.3) is 22.3 Å². The van der Waals surface area contributed by atoms with Gasteiger partial charge in [-0.05, 0) is 54.4 Å². The molecular formula is C19H17FNO2. The number of hydrogen-bond donors (Lipinski definition) is 1. The van der Waals surface area contributed by atoms with Gasteiger partial charge in [-0.15, -0.1) is 0 Å². The lowest BCUT2D eigenvalue weighted by atomic mass is 10.0. The van der Waals surface area contributed by atoms with Crippen molar-refractivity contribution in [3.05, 3.63) is 59.4 Å². The predicted octanol–water partition coefficient (Wildman–Crippen LogP) is 4.35. The molecule has 0 aliphatic carbocycles. The van der Waals surface area contributed by atoms with Gasteiger partial charge in [0, 0.05) is 18.0 Å². The largest absolute Gasteiger partial charge is 0.455 e. The average Bonchev–Trinajstić information content (AvgIpc) is 2.93. The molecule has 0 saturated heterocycles. The molecule has 0 saturated carbocycles. The summed E-state index contributed by atoms with van der Waals surface area (Å²) in [5.74, 6) is -0.119. The molecule has 1 heterocycles. The molecule has 0 unspecified atom stereocenters. The standard InChI is InChI=1S/C19H17FNO2/c1-3-4-12-5-10-15-16(11-12)23-18(17(15)19(22)21-2)13-6-8-14(20)9-7-13/h6-11H,3-4H2,1-2H3,(H,21,22). The van der Waals surface area contributed by atoms with Gasteiger partial charge in [0.15, 0.2) is 0 Å². The van der Waals surface area contributed by atoms with E-state index in [0.29, 0.717) is 27.9 Å². The van der Waals surface area contributed by atoms with Crippen LogP contribution in [0.4, 0.5) is 4.39 Å². The first-order chi connectivity index (χ1) is 11.1. The van der Waals surface area contributed by atoms with E-state index in [9.17, 15) is 9.18 Å². The van der Waals surface area contributed by atoms with Crippen molar-refractivity contribution >= 4 is 16.9 Å². The van der Waals surface area contributed by atoms with Gasteiger partial charge in [0.2, 0.25) is 0 Å². The van der Waals surface area contributed by atoms with Gasteiger partial charge in [-0.3, -0.25) is 4.79 Å². The van der Waals surface area contributed by atoms with E-state index in [2.05, 4.69) is 18.3 Å². The lowest BCUT2D eigenvalue weighted by Gasteiger charge is -2.02. The van der Waals surface area contributed by atoms with Gasteiger partial charge in [-0.1, -0.05) is 13.3 Å². The first-order valence-corrected chi connectivity index (χ1v) is 7.59. The van der Waals surface area contributed by atoms with Gasteiger partial charge in [0.25, 0.3) is 5.91 Å². The first-order valence-electron chi connectivity index (χ1n) is 7.59. The second kappa shape index (κ2) is 6.24. The van der Waals surface area contributed by atoms with Gasteiger partial charge in [-0.25, -0.2) is 4.39 Å². The monoisotopic (exact) mass is 310 g/mol. The van der Waals surface area contributed by atoms with E-state index in [-0.39, 0.29) is 11.7 Å². The quantitative estimate of drug-likeness (QED) is 0.778. The highest BCUT2D eigenvalue weighted by Crippen LogP contribution is 2.34. The summed E-state index contributed by atoms with van der Waals surface area (Å²) in [5.41, 5.74) is 2.81. The molecule has 0 aliphatic rings. The molecule has 0 atom stereocenters. The molecule has 3 nitrogen and oxygen atoms in total. The Bertz CT molecular complexity index is 850. The smallest absolute Gasteiger partial charge is 0.255 e. The minimum absolute atomic E-state index is 0.236. The van der Waals surface area contributed by atoms with Crippen LogP contribution in [0.5, 0.6) is 0 Å². The third-order valence-corrected chi connectivity index (χ3v) is 3.76. The molecule has 1 N–H and O–H groups in total. The van der Waals surface area contributed by atoms with Crippen molar-refractivity contribution in [3.8, 4) is 11.3 Å². The van der Waals surface area contributed by atoms with E-state index < -0.39 is 0 Å². The summed E-state index contributed by atoms with van der Waals surface area (Å²) in [6.07, 6.45) is 1.91. The van der Waals surface area contributed by atoms with Crippen LogP contribution in [0.1, 0.15) is 29.3 Å². The van der Waals surface area contributed by atoms with E-state index in [1.807, 2.05) is 6.07 Å². The Balaban J connectivity index is 2.22. The summed E-state index contributed by atoms with van der Waals surface area (Å²) in [6, 6.07) is 12.8. The van der Waals surface area contributed by atoms with Crippen LogP contribution < -0.4 is 5.32 Å². The lowest BCUT2D eigenvalue weighted by Crippen LogP contribution is -2.18. The summed E-state index contributed by atoms with van der Waals surface area (Å²) in [4.78, 5) is 12.3. The van der Waals surface area contributed by atoms with Crippen molar-refractivity contribution in [1.82, 2.24) is 5.32 Å². The molecule has 2 aromatic carbocycles. The number of amides is 1. The van der Waals surface area contributed by atoms with Gasteiger partial charge in [-0.2, -0.15) is 0 Å². The lowest BCUT2D eigenvalue weighted by molar-refractivity contribution is 0.0964. The number of carbonyl (C=O) groups is 1. The molecule has 23 heavy (non-hydrogen) atoms. The van der Waals surface area contributed by atoms with Crippen molar-refractivity contribution < 1.29 is 13.6 Å². The zero-order valence-electron chi connectivity index (χ0n) is 13.1. The third kappa shape index (κ3) is 2.84. The molecule has 1 aromatic heterocycles. The Morgan fingerprint density at radius 3 is 2.70 bits per heavy atom. The highest BCUT2D eigenvalue weighted by atomic mass is 19.1. The van der Waals surface area contributed by atoms with Crippen molar-refractivity contribution in [2.24, 2.45) is 0 Å². The van der Waals surface area contributed by atoms with Crippen LogP contribution >= 0.6 is 0 Å². The molecular weight excluding hydrogens is 293 g/mol. The molecule has 0 bridgehead atoms. The fourth-order valence-corrected chi connectivity index (χ4v) is 2.65. The zero-order chi connectivity index (χ0) is 16.4. The van der Waals surface area contributed by atoms with Crippen LogP contribution in [-0.2, 0) is 6.42 Å². The fourth-order valence-electron chi connectivity index (χ4n) is 2.65. The second-order valence-corrected chi connectivity index (χ2v) is 5.38. The topological polar surface area (TPSA) is 42.2 Å². The second-order valence-electron chi connectivity index (χ2n) is 5.38. The Hall–Kier alpha value is -2.62. The number of hydrogen-bond acceptors (Lipinski definition) is 2. The molecule has 0 spiro atoms. The molecule has 3 aromatic rings. The number of aryl methyl sites for hydroxylation is 1. The van der Waals surface area contributed by atoms with Crippen molar-refractivity contribution in [2.45, 2.75) is 19.8 Å². The number of fused-ring (bicyclic) bond motifs is 1. The number of halogens is 1. The normalized spacial score (nSPS) is 10.9. The molecule has 1 radical (unpaired) electrons. The summed E-state index contributed by atoms with van der Waals surface area (Å²) >= 11 is 0. The molecule has 3 rings (SSSR count). The maximum Gasteiger partial charge on any atom is 0.255 e. The van der Waals surface area contributed by atoms with Crippen LogP contribution in [-0.4, -0.2) is 13.0 Å². The van der Waals surface area contributed by atoms with Gasteiger partial charge < -0.3 is 9.73 Å². The molecule has 1 amide bonds. The zero-order valence-corrected chi connectivity index (χ0v) is 13.1. The molecule has 0 aliphatic heterocycles. The number of nitrogens with one attached hydrogen (secondary N) is 1. The summed E-state index contributed by atoms with van der Waals surface area (Å²) in [6.45, 7) is 2.10. The maximum absolute atomic E-state index is 13.2. The molecule has 0 fully saturated rings. The average molecular weight is 310 g/mol. The van der Waals surface area contributed by atoms with E-state index >= 15 is 0 Å². The van der Waals surface area contributed by atoms with E-state index in [0.717, 1.165) is 18.4 Å². The number of furan rings is 1. The van der Waals surface area contributed by atoms with Crippen molar-refractivity contribution in [1.29, 1.82) is 0 Å². The van der Waals surface area contributed by atoms with Crippen LogP contribution in [0.2, 0.25) is 0 Å². The van der Waals surface area contributed by atoms with Crippen molar-refractivity contribution in [3.63, 3.8) is 0 Å². The Labute approximate surface area is 134 Å². The maximum atomic E-state index is 13.2. The van der Waals surface area contributed by atoms with Crippen LogP contribution in [0.3, 0.4) is 0 Å². The Kier molecular flexibility index (Phi) is 4.15. The number of rotatable bonds is 4. The summed E-state index contributed by atoms with van der Waals surface area (Å²) in [5, 5.41) is 3.35. The van der Waals surface area contributed by atoms with E-state index in [1.54, 1.807) is 25.2 Å². The SMILES string of the molecule is CCCc1[c]cc2c(C(=O)NC)c(-c3ccc(F)cc3)oc2c1. The molecule has 117 valence electrons. The first kappa shape index (κ1) is 15.3. The van der Waals surface area contributed by atoms with Crippen LogP contribution in [0.15, 0.2) is 40.8 Å². The predicted molar refractivity (Wildman–Crippen MR) is 87.8 cm³/mol. The minimum atomic E-state index is -0.329. The summed E-state index contributed by atoms with van der Waals surface area (Å²) < 4.78 is 19.1. The highest BCUT2D eigenvalue weighted by Gasteiger charge is 2.21. The summed E-state index contributed by atoms with van der Waals surface area (Å²) in [7, 11) is 1.57. The van der Waals surface area contributed by atoms with E-state index in [4.69, 9.17) is 4.42 Å². The highest BCUT2D eigenvalue weighted by molar-refractivity contribution is 6.11. The van der Waals surface area contributed by atoms with Crippen molar-refractivity contribution in [2.75, 3.05) is 7.05 Å². The van der Waals surface area contributed by atoms with Crippen LogP contribution in [0, 0.1) is 11.9 Å². The van der Waals surface area contributed by atoms with E-state index in [1.165, 1.54) is 12.1 Å².